The first-order valence-electron chi connectivity index (χ1n) is 14.1. The van der Waals surface area contributed by atoms with Crippen LogP contribution in [0.1, 0.15) is 46.3 Å². The molecule has 10 nitrogen and oxygen atoms in total. The number of benzene rings is 2. The number of amides is 1. The van der Waals surface area contributed by atoms with E-state index < -0.39 is 0 Å². The molecule has 10 heteroatoms. The number of morpholine rings is 1. The van der Waals surface area contributed by atoms with Crippen molar-refractivity contribution in [3.8, 4) is 11.5 Å². The number of nitrogens with one attached hydrogen (secondary N) is 1. The Morgan fingerprint density at radius 1 is 1.18 bits per heavy atom. The maximum atomic E-state index is 12.8. The van der Waals surface area contributed by atoms with E-state index in [1.807, 2.05) is 25.1 Å². The molecule has 0 aliphatic carbocycles. The highest BCUT2D eigenvalue weighted by molar-refractivity contribution is 6.15. The Labute approximate surface area is 236 Å². The van der Waals surface area contributed by atoms with Gasteiger partial charge >= 0.3 is 0 Å². The van der Waals surface area contributed by atoms with Crippen LogP contribution in [-0.4, -0.2) is 107 Å². The molecule has 1 amide bonds. The van der Waals surface area contributed by atoms with Gasteiger partial charge in [0, 0.05) is 48.8 Å². The van der Waals surface area contributed by atoms with Crippen LogP contribution in [0.15, 0.2) is 46.4 Å². The average molecular weight is 549 g/mol. The Kier molecular flexibility index (Phi) is 8.98. The van der Waals surface area contributed by atoms with Gasteiger partial charge in [0.05, 0.1) is 45.2 Å². The summed E-state index contributed by atoms with van der Waals surface area (Å²) in [5.74, 6) is 1.57. The highest BCUT2D eigenvalue weighted by Crippen LogP contribution is 2.42. The number of nitrogens with two attached hydrogens (primary N) is 1. The number of guanidine groups is 1. The number of hydrogen-bond acceptors (Lipinski definition) is 8. The first-order chi connectivity index (χ1) is 19.5. The van der Waals surface area contributed by atoms with E-state index in [0.717, 1.165) is 74.9 Å². The smallest absolute Gasteiger partial charge is 0.257 e. The summed E-state index contributed by atoms with van der Waals surface area (Å²) in [7, 11) is 3.82. The number of carbonyl (C=O) groups excluding carboxylic acids is 1. The van der Waals surface area contributed by atoms with Gasteiger partial charge in [-0.15, -0.1) is 0 Å². The van der Waals surface area contributed by atoms with Gasteiger partial charge in [-0.05, 0) is 56.8 Å². The molecular formula is C30H40N6O4. The number of hydrogen-bond donors (Lipinski definition) is 2. The van der Waals surface area contributed by atoms with Gasteiger partial charge in [-0.3, -0.25) is 25.0 Å². The lowest BCUT2D eigenvalue weighted by molar-refractivity contribution is 0.0394. The van der Waals surface area contributed by atoms with Crippen LogP contribution in [0.4, 0.5) is 0 Å². The summed E-state index contributed by atoms with van der Waals surface area (Å²) in [6.45, 7) is 9.07. The number of fused-ring (bicyclic) bond motifs is 3. The topological polar surface area (TPSA) is 114 Å². The Hall–Kier alpha value is -3.47. The predicted octanol–water partition coefficient (Wildman–Crippen LogP) is 2.11. The molecule has 0 spiro atoms. The fourth-order valence-electron chi connectivity index (χ4n) is 5.69. The third-order valence-corrected chi connectivity index (χ3v) is 7.83. The number of aliphatic imine (C=N–C) groups is 2. The number of nitrogens with zero attached hydrogens (tertiary/aromatic N) is 4. The largest absolute Gasteiger partial charge is 0.493 e. The number of piperidine rings is 1. The Bertz CT molecular complexity index is 1260. The third kappa shape index (κ3) is 6.29. The molecule has 5 rings (SSSR count). The minimum absolute atomic E-state index is 0.124. The van der Waals surface area contributed by atoms with E-state index in [1.165, 1.54) is 5.56 Å². The molecule has 2 atom stereocenters. The molecule has 3 N–H and O–H groups in total. The van der Waals surface area contributed by atoms with Crippen LogP contribution < -0.4 is 20.5 Å². The number of rotatable bonds is 8. The molecule has 0 aromatic heterocycles. The zero-order chi connectivity index (χ0) is 28.1. The summed E-state index contributed by atoms with van der Waals surface area (Å²) in [5.41, 5.74) is 10.6. The summed E-state index contributed by atoms with van der Waals surface area (Å²) in [5, 5.41) is 2.70. The van der Waals surface area contributed by atoms with E-state index in [9.17, 15) is 4.79 Å². The van der Waals surface area contributed by atoms with Crippen molar-refractivity contribution in [3.63, 3.8) is 0 Å². The Balaban J connectivity index is 1.33. The van der Waals surface area contributed by atoms with Gasteiger partial charge in [0.25, 0.3) is 5.91 Å². The van der Waals surface area contributed by atoms with Crippen LogP contribution in [0.3, 0.4) is 0 Å². The molecule has 0 radical (unpaired) electrons. The lowest BCUT2D eigenvalue weighted by Crippen LogP contribution is -2.41. The van der Waals surface area contributed by atoms with Crippen molar-refractivity contribution in [1.82, 2.24) is 15.1 Å². The average Bonchev–Trinajstić information content (AvgIpc) is 2.97. The van der Waals surface area contributed by atoms with E-state index in [0.29, 0.717) is 24.5 Å². The zero-order valence-electron chi connectivity index (χ0n) is 23.7. The number of likely N-dealkylation sites (tertiary alicyclic amines) is 1. The zero-order valence-corrected chi connectivity index (χ0v) is 23.7. The minimum atomic E-state index is -0.288. The number of methoxy groups -OCH3 is 1. The molecule has 3 heterocycles. The van der Waals surface area contributed by atoms with Gasteiger partial charge in [0.1, 0.15) is 0 Å². The molecule has 40 heavy (non-hydrogen) atoms. The van der Waals surface area contributed by atoms with Gasteiger partial charge in [-0.25, -0.2) is 0 Å². The summed E-state index contributed by atoms with van der Waals surface area (Å²) in [6, 6.07) is 11.9. The van der Waals surface area contributed by atoms with Gasteiger partial charge in [0.15, 0.2) is 17.5 Å². The number of likely N-dealkylation sites (N-methyl/N-ethyl adjacent to an activating group) is 1. The van der Waals surface area contributed by atoms with E-state index in [4.69, 9.17) is 24.9 Å². The van der Waals surface area contributed by atoms with Crippen molar-refractivity contribution in [2.45, 2.75) is 25.3 Å². The van der Waals surface area contributed by atoms with Crippen molar-refractivity contribution in [2.24, 2.45) is 15.7 Å². The Morgan fingerprint density at radius 3 is 2.67 bits per heavy atom. The number of ether oxygens (including phenoxy) is 3. The summed E-state index contributed by atoms with van der Waals surface area (Å²) in [6.07, 6.45) is 0.991. The second-order valence-corrected chi connectivity index (χ2v) is 10.5. The molecule has 3 aliphatic rings. The summed E-state index contributed by atoms with van der Waals surface area (Å²) >= 11 is 0. The van der Waals surface area contributed by atoms with E-state index in [1.54, 1.807) is 19.2 Å². The third-order valence-electron chi connectivity index (χ3n) is 7.83. The molecule has 2 aromatic carbocycles. The second-order valence-electron chi connectivity index (χ2n) is 10.5. The fraction of sp³-hybridized carbons (Fsp3) is 0.500. The van der Waals surface area contributed by atoms with E-state index >= 15 is 0 Å². The molecule has 2 fully saturated rings. The second kappa shape index (κ2) is 12.8. The maximum Gasteiger partial charge on any atom is 0.257 e. The predicted molar refractivity (Wildman–Crippen MR) is 156 cm³/mol. The number of carbonyl (C=O) groups is 1. The fourth-order valence-corrected chi connectivity index (χ4v) is 5.69. The lowest BCUT2D eigenvalue weighted by Gasteiger charge is -2.39. The molecule has 2 saturated heterocycles. The molecule has 2 aromatic rings. The van der Waals surface area contributed by atoms with Gasteiger partial charge in [0.2, 0.25) is 0 Å². The van der Waals surface area contributed by atoms with Crippen molar-refractivity contribution in [2.75, 3.05) is 73.2 Å². The molecule has 2 unspecified atom stereocenters. The van der Waals surface area contributed by atoms with Gasteiger partial charge in [-0.1, -0.05) is 12.1 Å². The van der Waals surface area contributed by atoms with Crippen LogP contribution in [0.2, 0.25) is 0 Å². The highest BCUT2D eigenvalue weighted by atomic mass is 16.5. The van der Waals surface area contributed by atoms with Crippen molar-refractivity contribution < 1.29 is 19.0 Å². The van der Waals surface area contributed by atoms with Crippen LogP contribution in [0, 0.1) is 0 Å². The molecule has 214 valence electrons. The van der Waals surface area contributed by atoms with E-state index in [2.05, 4.69) is 33.2 Å². The molecule has 0 bridgehead atoms. The van der Waals surface area contributed by atoms with Crippen LogP contribution in [0.25, 0.3) is 0 Å². The molecular weight excluding hydrogens is 508 g/mol. The normalized spacial score (nSPS) is 21.7. The maximum absolute atomic E-state index is 12.8. The monoisotopic (exact) mass is 548 g/mol. The molecule has 0 saturated carbocycles. The van der Waals surface area contributed by atoms with Crippen LogP contribution in [0.5, 0.6) is 11.5 Å². The SMILES string of the molecule is CCOc1cc2c(cc1OC)C(c1ccc(C(=O)NC(N)=NCCN3CCOCC3)cc1)=NC1CCN(C)CC21. The van der Waals surface area contributed by atoms with E-state index in [-0.39, 0.29) is 23.8 Å². The minimum Gasteiger partial charge on any atom is -0.493 e. The highest BCUT2D eigenvalue weighted by Gasteiger charge is 2.36. The Morgan fingerprint density at radius 2 is 1.95 bits per heavy atom. The van der Waals surface area contributed by atoms with Crippen molar-refractivity contribution in [1.29, 1.82) is 0 Å². The van der Waals surface area contributed by atoms with Crippen LogP contribution >= 0.6 is 0 Å². The van der Waals surface area contributed by atoms with Crippen LogP contribution in [-0.2, 0) is 4.74 Å². The summed E-state index contributed by atoms with van der Waals surface area (Å²) in [4.78, 5) is 27.0. The van der Waals surface area contributed by atoms with Crippen molar-refractivity contribution in [3.05, 3.63) is 58.7 Å². The first kappa shape index (κ1) is 28.1. The quantitative estimate of drug-likeness (QED) is 0.384. The lowest BCUT2D eigenvalue weighted by atomic mass is 9.79. The molecule has 3 aliphatic heterocycles. The standard InChI is InChI=1S/C30H40N6O4/c1-4-40-27-17-22-23(18-26(27)38-3)28(33-25-9-11-35(2)19-24(22)25)20-5-7-21(8-6-20)29(37)34-30(31)32-10-12-36-13-15-39-16-14-36/h5-8,17-18,24-25H,4,9-16,19H2,1-3H3,(H3,31,32,34,37). The van der Waals surface area contributed by atoms with Crippen molar-refractivity contribution >= 4 is 17.6 Å². The van der Waals surface area contributed by atoms with Gasteiger partial charge < -0.3 is 24.8 Å². The van der Waals surface area contributed by atoms with Gasteiger partial charge in [-0.2, -0.15) is 0 Å². The summed E-state index contributed by atoms with van der Waals surface area (Å²) < 4.78 is 17.0. The first-order valence-corrected chi connectivity index (χ1v) is 14.1.